The van der Waals surface area contributed by atoms with Crippen LogP contribution in [-0.2, 0) is 0 Å². The van der Waals surface area contributed by atoms with Crippen molar-refractivity contribution in [1.82, 2.24) is 9.88 Å². The molecule has 98 valence electrons. The van der Waals surface area contributed by atoms with Gasteiger partial charge in [-0.25, -0.2) is 4.98 Å². The molecule has 0 saturated carbocycles. The Morgan fingerprint density at radius 3 is 2.72 bits per heavy atom. The van der Waals surface area contributed by atoms with E-state index in [1.807, 2.05) is 12.1 Å². The molecule has 2 atom stereocenters. The van der Waals surface area contributed by atoms with Gasteiger partial charge < -0.3 is 9.80 Å². The minimum absolute atomic E-state index is 0.0825. The van der Waals surface area contributed by atoms with Crippen LogP contribution in [0.2, 0.25) is 0 Å². The minimum atomic E-state index is 0.0825. The Balaban J connectivity index is 2.26. The molecular formula is C14H21N3O. The summed E-state index contributed by atoms with van der Waals surface area (Å²) in [7, 11) is 4.21. The van der Waals surface area contributed by atoms with Crippen LogP contribution in [0, 0.1) is 5.92 Å². The van der Waals surface area contributed by atoms with Gasteiger partial charge in [-0.2, -0.15) is 0 Å². The van der Waals surface area contributed by atoms with Crippen LogP contribution in [0.4, 0.5) is 5.82 Å². The van der Waals surface area contributed by atoms with E-state index >= 15 is 0 Å². The third kappa shape index (κ3) is 2.38. The molecule has 18 heavy (non-hydrogen) atoms. The maximum absolute atomic E-state index is 11.6. The van der Waals surface area contributed by atoms with Crippen LogP contribution in [-0.4, -0.2) is 48.9 Å². The monoisotopic (exact) mass is 247 g/mol. The topological polar surface area (TPSA) is 36.4 Å². The van der Waals surface area contributed by atoms with Crippen LogP contribution >= 0.6 is 0 Å². The summed E-state index contributed by atoms with van der Waals surface area (Å²) in [5.74, 6) is 1.50. The molecule has 0 N–H and O–H groups in total. The summed E-state index contributed by atoms with van der Waals surface area (Å²) in [5.41, 5.74) is 0.726. The molecule has 0 bridgehead atoms. The highest BCUT2D eigenvalue weighted by Gasteiger charge is 2.32. The Bertz CT molecular complexity index is 444. The summed E-state index contributed by atoms with van der Waals surface area (Å²) in [4.78, 5) is 20.5. The van der Waals surface area contributed by atoms with Gasteiger partial charge in [0.2, 0.25) is 0 Å². The van der Waals surface area contributed by atoms with Crippen molar-refractivity contribution in [3.63, 3.8) is 0 Å². The molecule has 0 aliphatic carbocycles. The maximum Gasteiger partial charge on any atom is 0.163 e. The van der Waals surface area contributed by atoms with Gasteiger partial charge in [0, 0.05) is 25.3 Å². The normalized spacial score (nSPS) is 23.7. The van der Waals surface area contributed by atoms with E-state index in [0.29, 0.717) is 12.0 Å². The van der Waals surface area contributed by atoms with Crippen LogP contribution in [0.15, 0.2) is 18.3 Å². The van der Waals surface area contributed by atoms with Crippen molar-refractivity contribution in [1.29, 1.82) is 0 Å². The van der Waals surface area contributed by atoms with E-state index in [1.54, 1.807) is 13.1 Å². The fourth-order valence-corrected chi connectivity index (χ4v) is 2.72. The number of hydrogen-bond donors (Lipinski definition) is 0. The third-order valence-electron chi connectivity index (χ3n) is 3.70. The highest BCUT2D eigenvalue weighted by atomic mass is 16.1. The Morgan fingerprint density at radius 2 is 2.17 bits per heavy atom. The predicted molar refractivity (Wildman–Crippen MR) is 73.1 cm³/mol. The van der Waals surface area contributed by atoms with Gasteiger partial charge in [0.25, 0.3) is 0 Å². The number of anilines is 1. The maximum atomic E-state index is 11.6. The lowest BCUT2D eigenvalue weighted by molar-refractivity contribution is 0.101. The number of pyridine rings is 1. The van der Waals surface area contributed by atoms with Gasteiger partial charge in [0.15, 0.2) is 5.78 Å². The average molecular weight is 247 g/mol. The van der Waals surface area contributed by atoms with Gasteiger partial charge in [-0.05, 0) is 39.1 Å². The van der Waals surface area contributed by atoms with Crippen LogP contribution in [0.5, 0.6) is 0 Å². The molecule has 2 rings (SSSR count). The molecule has 1 aliphatic rings. The standard InChI is InChI=1S/C14H21N3O/c1-10-8-17(9-13(10)16(3)4)14-12(11(2)18)6-5-7-15-14/h5-7,10,13H,8-9H2,1-4H3. The van der Waals surface area contributed by atoms with E-state index in [4.69, 9.17) is 0 Å². The number of ketones is 1. The molecule has 1 aromatic heterocycles. The number of aromatic nitrogens is 1. The Kier molecular flexibility index (Phi) is 3.66. The first-order chi connectivity index (χ1) is 8.50. The number of Topliss-reactive ketones (excluding diaryl/α,β-unsaturated/α-hetero) is 1. The van der Waals surface area contributed by atoms with Gasteiger partial charge in [0.1, 0.15) is 5.82 Å². The summed E-state index contributed by atoms with van der Waals surface area (Å²) in [6.45, 7) is 5.75. The molecule has 0 aromatic carbocycles. The van der Waals surface area contributed by atoms with Gasteiger partial charge >= 0.3 is 0 Å². The zero-order valence-electron chi connectivity index (χ0n) is 11.6. The largest absolute Gasteiger partial charge is 0.354 e. The molecule has 0 spiro atoms. The van der Waals surface area contributed by atoms with Crippen LogP contribution in [0.1, 0.15) is 24.2 Å². The highest BCUT2D eigenvalue weighted by Crippen LogP contribution is 2.27. The summed E-state index contributed by atoms with van der Waals surface area (Å²) in [6.07, 6.45) is 1.76. The van der Waals surface area contributed by atoms with Gasteiger partial charge in [-0.1, -0.05) is 6.92 Å². The van der Waals surface area contributed by atoms with Crippen molar-refractivity contribution in [3.8, 4) is 0 Å². The lowest BCUT2D eigenvalue weighted by Gasteiger charge is -2.23. The molecule has 2 unspecified atom stereocenters. The van der Waals surface area contributed by atoms with E-state index in [9.17, 15) is 4.79 Å². The minimum Gasteiger partial charge on any atom is -0.354 e. The van der Waals surface area contributed by atoms with E-state index in [-0.39, 0.29) is 5.78 Å². The van der Waals surface area contributed by atoms with Crippen LogP contribution in [0.3, 0.4) is 0 Å². The molecule has 1 saturated heterocycles. The van der Waals surface area contributed by atoms with Gasteiger partial charge in [-0.3, -0.25) is 4.79 Å². The van der Waals surface area contributed by atoms with Gasteiger partial charge in [0.05, 0.1) is 5.56 Å². The third-order valence-corrected chi connectivity index (χ3v) is 3.70. The van der Waals surface area contributed by atoms with E-state index in [0.717, 1.165) is 24.5 Å². The first-order valence-corrected chi connectivity index (χ1v) is 6.38. The van der Waals surface area contributed by atoms with Crippen molar-refractivity contribution in [2.24, 2.45) is 5.92 Å². The molecule has 0 radical (unpaired) electrons. The summed E-state index contributed by atoms with van der Waals surface area (Å²) in [5, 5.41) is 0. The number of carbonyl (C=O) groups excluding carboxylic acids is 1. The van der Waals surface area contributed by atoms with Gasteiger partial charge in [-0.15, -0.1) is 0 Å². The van der Waals surface area contributed by atoms with Crippen LogP contribution < -0.4 is 4.90 Å². The molecular weight excluding hydrogens is 226 g/mol. The first-order valence-electron chi connectivity index (χ1n) is 6.38. The molecule has 0 amide bonds. The van der Waals surface area contributed by atoms with Crippen LogP contribution in [0.25, 0.3) is 0 Å². The summed E-state index contributed by atoms with van der Waals surface area (Å²) in [6, 6.07) is 4.20. The second-order valence-electron chi connectivity index (χ2n) is 5.34. The quantitative estimate of drug-likeness (QED) is 0.761. The zero-order valence-corrected chi connectivity index (χ0v) is 11.6. The van der Waals surface area contributed by atoms with Crippen molar-refractivity contribution in [3.05, 3.63) is 23.9 Å². The van der Waals surface area contributed by atoms with E-state index in [1.165, 1.54) is 0 Å². The molecule has 1 aromatic rings. The van der Waals surface area contributed by atoms with Crippen molar-refractivity contribution >= 4 is 11.6 Å². The van der Waals surface area contributed by atoms with Crippen molar-refractivity contribution in [2.45, 2.75) is 19.9 Å². The lowest BCUT2D eigenvalue weighted by atomic mass is 10.1. The number of carbonyl (C=O) groups is 1. The number of likely N-dealkylation sites (N-methyl/N-ethyl adjacent to an activating group) is 1. The first kappa shape index (κ1) is 13.0. The number of nitrogens with zero attached hydrogens (tertiary/aromatic N) is 3. The summed E-state index contributed by atoms with van der Waals surface area (Å²) < 4.78 is 0. The van der Waals surface area contributed by atoms with E-state index in [2.05, 4.69) is 35.8 Å². The SMILES string of the molecule is CC(=O)c1cccnc1N1CC(C)C(N(C)C)C1. The smallest absolute Gasteiger partial charge is 0.163 e. The zero-order chi connectivity index (χ0) is 13.3. The molecule has 4 heteroatoms. The number of hydrogen-bond acceptors (Lipinski definition) is 4. The Labute approximate surface area is 109 Å². The second kappa shape index (κ2) is 5.06. The molecule has 1 fully saturated rings. The van der Waals surface area contributed by atoms with Crippen molar-refractivity contribution in [2.75, 3.05) is 32.1 Å². The molecule has 1 aliphatic heterocycles. The molecule has 4 nitrogen and oxygen atoms in total. The Morgan fingerprint density at radius 1 is 1.44 bits per heavy atom. The second-order valence-corrected chi connectivity index (χ2v) is 5.34. The Hall–Kier alpha value is -1.42. The summed E-state index contributed by atoms with van der Waals surface area (Å²) >= 11 is 0. The average Bonchev–Trinajstić information content (AvgIpc) is 2.71. The highest BCUT2D eigenvalue weighted by molar-refractivity contribution is 5.98. The lowest BCUT2D eigenvalue weighted by Crippen LogP contribution is -2.34. The van der Waals surface area contributed by atoms with Crippen molar-refractivity contribution < 1.29 is 4.79 Å². The van der Waals surface area contributed by atoms with E-state index < -0.39 is 0 Å². The number of rotatable bonds is 3. The fourth-order valence-electron chi connectivity index (χ4n) is 2.72. The molecule has 2 heterocycles. The predicted octanol–water partition coefficient (Wildman–Crippen LogP) is 1.67. The fraction of sp³-hybridized carbons (Fsp3) is 0.571.